The summed E-state index contributed by atoms with van der Waals surface area (Å²) in [7, 11) is 0. The van der Waals surface area contributed by atoms with Gasteiger partial charge in [0, 0.05) is 43.3 Å². The molecule has 0 atom stereocenters. The van der Waals surface area contributed by atoms with Crippen LogP contribution in [0.15, 0.2) is 99.4 Å². The minimum absolute atomic E-state index is 0.235. The number of halogens is 1. The van der Waals surface area contributed by atoms with Crippen molar-refractivity contribution in [2.75, 3.05) is 0 Å². The Morgan fingerprint density at radius 2 is 1.58 bits per heavy atom. The topological polar surface area (TPSA) is 46.4 Å². The van der Waals surface area contributed by atoms with Crippen LogP contribution in [0.4, 0.5) is 0 Å². The van der Waals surface area contributed by atoms with E-state index in [1.165, 1.54) is 10.5 Å². The summed E-state index contributed by atoms with van der Waals surface area (Å²) >= 11 is 5.45. The third-order valence-electron chi connectivity index (χ3n) is 5.35. The molecule has 166 valence electrons. The van der Waals surface area contributed by atoms with Gasteiger partial charge in [0.05, 0.1) is 6.21 Å². The number of nitrogens with zero attached hydrogens (tertiary/aromatic N) is 2. The van der Waals surface area contributed by atoms with E-state index in [0.29, 0.717) is 5.56 Å². The van der Waals surface area contributed by atoms with Gasteiger partial charge in [0.2, 0.25) is 0 Å². The van der Waals surface area contributed by atoms with E-state index < -0.39 is 0 Å². The van der Waals surface area contributed by atoms with Crippen molar-refractivity contribution in [1.82, 2.24) is 9.99 Å². The Hall–Kier alpha value is -3.09. The lowest BCUT2D eigenvalue weighted by atomic mass is 10.1. The van der Waals surface area contributed by atoms with E-state index in [1.54, 1.807) is 18.0 Å². The molecule has 33 heavy (non-hydrogen) atoms. The molecule has 0 spiro atoms. The molecule has 0 aliphatic rings. The van der Waals surface area contributed by atoms with E-state index >= 15 is 0 Å². The third kappa shape index (κ3) is 5.46. The Kier molecular flexibility index (Phi) is 7.47. The first-order chi connectivity index (χ1) is 16.0. The number of hydrogen-bond acceptors (Lipinski definition) is 3. The van der Waals surface area contributed by atoms with Gasteiger partial charge in [-0.15, -0.1) is 11.8 Å². The van der Waals surface area contributed by atoms with Crippen molar-refractivity contribution in [2.45, 2.75) is 24.5 Å². The maximum absolute atomic E-state index is 12.5. The first-order valence-corrected chi connectivity index (χ1v) is 12.4. The molecule has 1 amide bonds. The van der Waals surface area contributed by atoms with Crippen LogP contribution in [0.2, 0.25) is 0 Å². The minimum atomic E-state index is -0.235. The highest BCUT2D eigenvalue weighted by Gasteiger charge is 2.15. The van der Waals surface area contributed by atoms with Gasteiger partial charge >= 0.3 is 0 Å². The predicted molar refractivity (Wildman–Crippen MR) is 140 cm³/mol. The van der Waals surface area contributed by atoms with Gasteiger partial charge in [0.15, 0.2) is 0 Å². The van der Waals surface area contributed by atoms with Gasteiger partial charge in [0.25, 0.3) is 5.91 Å². The molecular weight excluding hydrogens is 494 g/mol. The quantitative estimate of drug-likeness (QED) is 0.164. The van der Waals surface area contributed by atoms with Gasteiger partial charge in [0.1, 0.15) is 0 Å². The van der Waals surface area contributed by atoms with E-state index in [2.05, 4.69) is 62.2 Å². The molecule has 4 nitrogen and oxygen atoms in total. The van der Waals surface area contributed by atoms with Crippen LogP contribution in [-0.2, 0) is 5.75 Å². The number of benzene rings is 3. The smallest absolute Gasteiger partial charge is 0.271 e. The zero-order chi connectivity index (χ0) is 23.2. The van der Waals surface area contributed by atoms with Gasteiger partial charge in [-0.3, -0.25) is 4.79 Å². The van der Waals surface area contributed by atoms with Crippen molar-refractivity contribution in [3.8, 4) is 5.69 Å². The first-order valence-electron chi connectivity index (χ1n) is 10.6. The average Bonchev–Trinajstić information content (AvgIpc) is 3.07. The van der Waals surface area contributed by atoms with Crippen molar-refractivity contribution >= 4 is 39.8 Å². The van der Waals surface area contributed by atoms with Gasteiger partial charge in [-0.25, -0.2) is 5.43 Å². The van der Waals surface area contributed by atoms with Crippen LogP contribution < -0.4 is 5.43 Å². The summed E-state index contributed by atoms with van der Waals surface area (Å²) < 4.78 is 3.13. The number of amides is 1. The van der Waals surface area contributed by atoms with E-state index in [0.717, 1.165) is 32.9 Å². The van der Waals surface area contributed by atoms with Crippen molar-refractivity contribution in [3.05, 3.63) is 117 Å². The predicted octanol–water partition coefficient (Wildman–Crippen LogP) is 6.91. The SMILES string of the molecule is Cc1c(Br)c(/C=N\NC(=O)c2ccc(CSc3ccccc3)cc2)c(C)n1-c1ccccc1. The maximum atomic E-state index is 12.5. The molecule has 4 aromatic rings. The van der Waals surface area contributed by atoms with E-state index in [4.69, 9.17) is 0 Å². The molecule has 3 aromatic carbocycles. The molecule has 0 radical (unpaired) electrons. The number of thioether (sulfide) groups is 1. The lowest BCUT2D eigenvalue weighted by molar-refractivity contribution is 0.0955. The fourth-order valence-corrected chi connectivity index (χ4v) is 5.04. The van der Waals surface area contributed by atoms with Crippen LogP contribution in [0.5, 0.6) is 0 Å². The molecule has 0 saturated carbocycles. The number of hydrazone groups is 1. The molecule has 0 unspecified atom stereocenters. The van der Waals surface area contributed by atoms with Crippen LogP contribution >= 0.6 is 27.7 Å². The lowest BCUT2D eigenvalue weighted by Crippen LogP contribution is -2.17. The highest BCUT2D eigenvalue weighted by Crippen LogP contribution is 2.29. The van der Waals surface area contributed by atoms with Gasteiger partial charge in [-0.05, 0) is 71.7 Å². The van der Waals surface area contributed by atoms with Gasteiger partial charge in [-0.1, -0.05) is 48.5 Å². The van der Waals surface area contributed by atoms with Crippen molar-refractivity contribution in [2.24, 2.45) is 5.10 Å². The van der Waals surface area contributed by atoms with Crippen LogP contribution in [0.1, 0.15) is 32.9 Å². The molecule has 4 rings (SSSR count). The van der Waals surface area contributed by atoms with Crippen molar-refractivity contribution in [3.63, 3.8) is 0 Å². The summed E-state index contributed by atoms with van der Waals surface area (Å²) in [6.07, 6.45) is 1.69. The maximum Gasteiger partial charge on any atom is 0.271 e. The van der Waals surface area contributed by atoms with Gasteiger partial charge < -0.3 is 4.57 Å². The second-order valence-electron chi connectivity index (χ2n) is 7.57. The summed E-state index contributed by atoms with van der Waals surface area (Å²) in [5.41, 5.74) is 8.53. The molecule has 6 heteroatoms. The molecule has 0 bridgehead atoms. The monoisotopic (exact) mass is 517 g/mol. The standard InChI is InChI=1S/C27H24BrN3OS/c1-19-25(26(28)20(2)31(19)23-9-5-3-6-10-23)17-29-30-27(32)22-15-13-21(14-16-22)18-33-24-11-7-4-8-12-24/h3-17H,18H2,1-2H3,(H,30,32)/b29-17-. The van der Waals surface area contributed by atoms with Crippen LogP contribution in [0.3, 0.4) is 0 Å². The second kappa shape index (κ2) is 10.7. The molecule has 0 saturated heterocycles. The molecule has 1 N–H and O–H groups in total. The van der Waals surface area contributed by atoms with E-state index in [-0.39, 0.29) is 5.91 Å². The van der Waals surface area contributed by atoms with E-state index in [1.807, 2.05) is 67.6 Å². The second-order valence-corrected chi connectivity index (χ2v) is 9.41. The fraction of sp³-hybridized carbons (Fsp3) is 0.111. The Labute approximate surface area is 206 Å². The molecule has 0 aliphatic carbocycles. The van der Waals surface area contributed by atoms with E-state index in [9.17, 15) is 4.79 Å². The number of hydrogen-bond donors (Lipinski definition) is 1. The molecular formula is C27H24BrN3OS. The largest absolute Gasteiger partial charge is 0.317 e. The Balaban J connectivity index is 1.40. The number of rotatable bonds is 7. The Bertz CT molecular complexity index is 1270. The number of aromatic nitrogens is 1. The zero-order valence-electron chi connectivity index (χ0n) is 18.5. The minimum Gasteiger partial charge on any atom is -0.317 e. The summed E-state index contributed by atoms with van der Waals surface area (Å²) in [5.74, 6) is 0.622. The Morgan fingerprint density at radius 1 is 0.939 bits per heavy atom. The summed E-state index contributed by atoms with van der Waals surface area (Å²) in [4.78, 5) is 13.8. The van der Waals surface area contributed by atoms with Crippen molar-refractivity contribution < 1.29 is 4.79 Å². The number of carbonyl (C=O) groups excluding carboxylic acids is 1. The molecule has 1 aromatic heterocycles. The average molecular weight is 518 g/mol. The molecule has 1 heterocycles. The number of nitrogens with one attached hydrogen (secondary N) is 1. The van der Waals surface area contributed by atoms with Crippen molar-refractivity contribution in [1.29, 1.82) is 0 Å². The third-order valence-corrected chi connectivity index (χ3v) is 7.44. The highest BCUT2D eigenvalue weighted by atomic mass is 79.9. The van der Waals surface area contributed by atoms with Crippen LogP contribution in [0.25, 0.3) is 5.69 Å². The molecule has 0 fully saturated rings. The van der Waals surface area contributed by atoms with Crippen LogP contribution in [0, 0.1) is 13.8 Å². The molecule has 0 aliphatic heterocycles. The number of para-hydroxylation sites is 1. The lowest BCUT2D eigenvalue weighted by Gasteiger charge is -2.08. The number of carbonyl (C=O) groups is 1. The zero-order valence-corrected chi connectivity index (χ0v) is 20.9. The Morgan fingerprint density at radius 3 is 2.24 bits per heavy atom. The first kappa shape index (κ1) is 23.1. The summed E-state index contributed by atoms with van der Waals surface area (Å²) in [6, 6.07) is 28.1. The summed E-state index contributed by atoms with van der Waals surface area (Å²) in [5, 5.41) is 4.21. The van der Waals surface area contributed by atoms with Gasteiger partial charge in [-0.2, -0.15) is 5.10 Å². The normalized spacial score (nSPS) is 11.1. The summed E-state index contributed by atoms with van der Waals surface area (Å²) in [6.45, 7) is 4.09. The highest BCUT2D eigenvalue weighted by molar-refractivity contribution is 9.10. The fourth-order valence-electron chi connectivity index (χ4n) is 3.59. The van der Waals surface area contributed by atoms with Crippen LogP contribution in [-0.4, -0.2) is 16.7 Å².